The maximum absolute atomic E-state index is 12.8. The molecule has 0 bridgehead atoms. The molecule has 1 aliphatic heterocycles. The van der Waals surface area contributed by atoms with Crippen molar-refractivity contribution in [2.45, 2.75) is 22.7 Å². The fourth-order valence-electron chi connectivity index (χ4n) is 2.37. The summed E-state index contributed by atoms with van der Waals surface area (Å²) in [6.07, 6.45) is -4.56. The molecule has 0 aromatic heterocycles. The molecule has 2 aromatic rings. The van der Waals surface area contributed by atoms with Gasteiger partial charge in [-0.25, -0.2) is 0 Å². The van der Waals surface area contributed by atoms with Gasteiger partial charge in [-0.05, 0) is 65.1 Å². The number of fused-ring (bicyclic) bond motifs is 1. The molecule has 2 amide bonds. The molecule has 9 heteroatoms. The molecule has 1 aliphatic rings. The second-order valence-electron chi connectivity index (χ2n) is 5.56. The monoisotopic (exact) mass is 492 g/mol. The highest BCUT2D eigenvalue weighted by Gasteiger charge is 2.34. The third-order valence-electron chi connectivity index (χ3n) is 3.63. The fourth-order valence-corrected chi connectivity index (χ4v) is 3.83. The third kappa shape index (κ3) is 4.50. The Labute approximate surface area is 165 Å². The van der Waals surface area contributed by atoms with E-state index in [1.165, 1.54) is 6.07 Å². The first-order chi connectivity index (χ1) is 12.2. The molecule has 2 aromatic carbocycles. The number of rotatable bonds is 3. The highest BCUT2D eigenvalue weighted by Crippen LogP contribution is 2.40. The van der Waals surface area contributed by atoms with E-state index in [4.69, 9.17) is 0 Å². The number of benzene rings is 2. The molecule has 0 saturated heterocycles. The van der Waals surface area contributed by atoms with Crippen LogP contribution in [0, 0.1) is 3.57 Å². The van der Waals surface area contributed by atoms with Gasteiger partial charge in [-0.1, -0.05) is 0 Å². The minimum Gasteiger partial charge on any atom is -0.326 e. The molecule has 0 radical (unpaired) electrons. The summed E-state index contributed by atoms with van der Waals surface area (Å²) in [5.74, 6) is -0.825. The van der Waals surface area contributed by atoms with Crippen LogP contribution in [0.15, 0.2) is 47.4 Å². The Bertz CT molecular complexity index is 856. The van der Waals surface area contributed by atoms with E-state index in [1.54, 1.807) is 12.1 Å². The second kappa shape index (κ2) is 7.47. The number of amides is 2. The Balaban J connectivity index is 1.68. The van der Waals surface area contributed by atoms with Gasteiger partial charge in [0.15, 0.2) is 0 Å². The lowest BCUT2D eigenvalue weighted by molar-refractivity contribution is -0.137. The maximum Gasteiger partial charge on any atom is 0.416 e. The first-order valence-electron chi connectivity index (χ1n) is 7.46. The van der Waals surface area contributed by atoms with Crippen molar-refractivity contribution in [1.29, 1.82) is 0 Å². The average molecular weight is 492 g/mol. The second-order valence-corrected chi connectivity index (χ2v) is 8.05. The fraction of sp³-hybridized carbons (Fsp3) is 0.176. The predicted molar refractivity (Wildman–Crippen MR) is 102 cm³/mol. The molecule has 136 valence electrons. The largest absolute Gasteiger partial charge is 0.416 e. The molecule has 2 N–H and O–H groups in total. The zero-order chi connectivity index (χ0) is 18.9. The van der Waals surface area contributed by atoms with E-state index in [0.29, 0.717) is 10.6 Å². The molecule has 26 heavy (non-hydrogen) atoms. The first-order valence-corrected chi connectivity index (χ1v) is 9.42. The van der Waals surface area contributed by atoms with Crippen LogP contribution in [-0.4, -0.2) is 17.1 Å². The summed E-state index contributed by atoms with van der Waals surface area (Å²) in [6.45, 7) is 0. The molecule has 0 spiro atoms. The zero-order valence-electron chi connectivity index (χ0n) is 13.1. The molecule has 3 rings (SSSR count). The van der Waals surface area contributed by atoms with Gasteiger partial charge in [-0.3, -0.25) is 9.59 Å². The Kier molecular flexibility index (Phi) is 5.47. The summed E-state index contributed by atoms with van der Waals surface area (Å²) in [7, 11) is 0. The minimum absolute atomic E-state index is 0.0804. The number of carbonyl (C=O) groups is 2. The molecule has 0 aliphatic carbocycles. The van der Waals surface area contributed by atoms with E-state index < -0.39 is 22.9 Å². The smallest absolute Gasteiger partial charge is 0.326 e. The maximum atomic E-state index is 12.8. The molecular weight excluding hydrogens is 480 g/mol. The lowest BCUT2D eigenvalue weighted by Crippen LogP contribution is -2.32. The number of nitrogens with one attached hydrogen (secondary N) is 2. The van der Waals surface area contributed by atoms with Crippen molar-refractivity contribution >= 4 is 57.5 Å². The van der Waals surface area contributed by atoms with Crippen molar-refractivity contribution in [2.75, 3.05) is 10.6 Å². The van der Waals surface area contributed by atoms with Gasteiger partial charge in [0.1, 0.15) is 0 Å². The summed E-state index contributed by atoms with van der Waals surface area (Å²) in [5, 5.41) is 4.46. The van der Waals surface area contributed by atoms with Gasteiger partial charge in [-0.15, -0.1) is 11.8 Å². The van der Waals surface area contributed by atoms with Gasteiger partial charge in [0.05, 0.1) is 16.5 Å². The van der Waals surface area contributed by atoms with Crippen LogP contribution in [0.3, 0.4) is 0 Å². The van der Waals surface area contributed by atoms with E-state index in [1.807, 2.05) is 12.1 Å². The summed E-state index contributed by atoms with van der Waals surface area (Å²) < 4.78 is 39.3. The highest BCUT2D eigenvalue weighted by molar-refractivity contribution is 14.1. The van der Waals surface area contributed by atoms with Crippen LogP contribution in [0.2, 0.25) is 0 Å². The Morgan fingerprint density at radius 1 is 1.19 bits per heavy atom. The van der Waals surface area contributed by atoms with Crippen LogP contribution in [0.4, 0.5) is 24.5 Å². The predicted octanol–water partition coefficient (Wildman–Crippen LogP) is 4.75. The van der Waals surface area contributed by atoms with Crippen LogP contribution in [-0.2, 0) is 15.8 Å². The van der Waals surface area contributed by atoms with E-state index in [-0.39, 0.29) is 18.0 Å². The molecule has 0 saturated carbocycles. The van der Waals surface area contributed by atoms with Gasteiger partial charge < -0.3 is 10.6 Å². The van der Waals surface area contributed by atoms with E-state index in [0.717, 1.165) is 27.5 Å². The van der Waals surface area contributed by atoms with Crippen molar-refractivity contribution in [3.63, 3.8) is 0 Å². The van der Waals surface area contributed by atoms with Crippen LogP contribution in [0.25, 0.3) is 0 Å². The quantitative estimate of drug-likeness (QED) is 0.609. The Morgan fingerprint density at radius 3 is 2.54 bits per heavy atom. The van der Waals surface area contributed by atoms with E-state index in [2.05, 4.69) is 33.2 Å². The summed E-state index contributed by atoms with van der Waals surface area (Å²) in [5.41, 5.74) is -0.0944. The lowest BCUT2D eigenvalue weighted by Gasteiger charge is -2.24. The zero-order valence-corrected chi connectivity index (χ0v) is 16.0. The van der Waals surface area contributed by atoms with Gasteiger partial charge in [0.2, 0.25) is 11.8 Å². The van der Waals surface area contributed by atoms with Crippen molar-refractivity contribution in [1.82, 2.24) is 0 Å². The standard InChI is InChI=1S/C17H12F3IN2O2S/c18-17(19,20)9-1-6-13-12(7-9)23-16(25)14(26-13)8-15(24)22-11-4-2-10(21)3-5-11/h1-7,14H,8H2,(H,22,24)(H,23,25)/t14-/m0/s1. The Hall–Kier alpha value is -1.75. The topological polar surface area (TPSA) is 58.2 Å². The van der Waals surface area contributed by atoms with Crippen LogP contribution in [0.5, 0.6) is 0 Å². The minimum atomic E-state index is -4.48. The summed E-state index contributed by atoms with van der Waals surface area (Å²) in [6, 6.07) is 10.4. The van der Waals surface area contributed by atoms with Crippen LogP contribution in [0.1, 0.15) is 12.0 Å². The number of anilines is 2. The van der Waals surface area contributed by atoms with Crippen molar-refractivity contribution in [2.24, 2.45) is 0 Å². The summed E-state index contributed by atoms with van der Waals surface area (Å²) in [4.78, 5) is 24.8. The first kappa shape index (κ1) is 19.0. The number of thioether (sulfide) groups is 1. The van der Waals surface area contributed by atoms with Gasteiger partial charge in [0.25, 0.3) is 0 Å². The molecular formula is C17H12F3IN2O2S. The number of alkyl halides is 3. The van der Waals surface area contributed by atoms with Crippen molar-refractivity contribution in [3.8, 4) is 0 Å². The number of carbonyl (C=O) groups excluding carboxylic acids is 2. The third-order valence-corrected chi connectivity index (χ3v) is 5.62. The molecule has 0 fully saturated rings. The van der Waals surface area contributed by atoms with Gasteiger partial charge in [-0.2, -0.15) is 13.2 Å². The SMILES string of the molecule is O=C(C[C@@H]1Sc2ccc(C(F)(F)F)cc2NC1=O)Nc1ccc(I)cc1. The highest BCUT2D eigenvalue weighted by atomic mass is 127. The van der Waals surface area contributed by atoms with Crippen LogP contribution < -0.4 is 10.6 Å². The van der Waals surface area contributed by atoms with Gasteiger partial charge in [0, 0.05) is 20.6 Å². The van der Waals surface area contributed by atoms with Crippen LogP contribution >= 0.6 is 34.4 Å². The molecule has 1 heterocycles. The number of hydrogen-bond donors (Lipinski definition) is 2. The van der Waals surface area contributed by atoms with Crippen molar-refractivity contribution in [3.05, 3.63) is 51.6 Å². The Morgan fingerprint density at radius 2 is 1.88 bits per heavy atom. The lowest BCUT2D eigenvalue weighted by atomic mass is 10.1. The number of hydrogen-bond acceptors (Lipinski definition) is 3. The molecule has 0 unspecified atom stereocenters. The normalized spacial score (nSPS) is 16.6. The van der Waals surface area contributed by atoms with E-state index in [9.17, 15) is 22.8 Å². The van der Waals surface area contributed by atoms with Crippen molar-refractivity contribution < 1.29 is 22.8 Å². The average Bonchev–Trinajstić information content (AvgIpc) is 2.56. The summed E-state index contributed by atoms with van der Waals surface area (Å²) >= 11 is 3.23. The van der Waals surface area contributed by atoms with Gasteiger partial charge >= 0.3 is 6.18 Å². The van der Waals surface area contributed by atoms with E-state index >= 15 is 0 Å². The number of halogens is 4. The molecule has 4 nitrogen and oxygen atoms in total. The molecule has 1 atom stereocenters.